The number of aromatic nitrogens is 2. The van der Waals surface area contributed by atoms with E-state index < -0.39 is 5.60 Å². The van der Waals surface area contributed by atoms with Crippen molar-refractivity contribution in [1.29, 1.82) is 0 Å². The highest BCUT2D eigenvalue weighted by Gasteiger charge is 2.55. The topological polar surface area (TPSA) is 82.6 Å². The minimum absolute atomic E-state index is 0.109. The van der Waals surface area contributed by atoms with Crippen LogP contribution >= 0.6 is 0 Å². The standard InChI is InChI=1S/C21H28N4O3/c1-14-17(22)25(15-8-6-5-7-9-15)23-18(14)27-16-10-21(11-16)12-24(13-21)19(26)28-20(2,3)4/h5-9,16H,10-13,22H2,1-4H3. The minimum atomic E-state index is -0.458. The zero-order valence-electron chi connectivity index (χ0n) is 16.9. The number of nitrogens with zero attached hydrogens (tertiary/aromatic N) is 3. The van der Waals surface area contributed by atoms with Crippen LogP contribution in [0.3, 0.4) is 0 Å². The van der Waals surface area contributed by atoms with Crippen LogP contribution in [-0.4, -0.2) is 45.6 Å². The zero-order valence-corrected chi connectivity index (χ0v) is 16.9. The number of para-hydroxylation sites is 1. The van der Waals surface area contributed by atoms with Crippen molar-refractivity contribution in [3.63, 3.8) is 0 Å². The number of nitrogen functional groups attached to an aromatic ring is 1. The fourth-order valence-corrected chi connectivity index (χ4v) is 3.99. The second kappa shape index (κ2) is 6.43. The molecule has 1 aromatic heterocycles. The molecule has 0 radical (unpaired) electrons. The monoisotopic (exact) mass is 384 g/mol. The van der Waals surface area contributed by atoms with Crippen LogP contribution in [0.1, 0.15) is 39.2 Å². The van der Waals surface area contributed by atoms with Gasteiger partial charge < -0.3 is 20.1 Å². The van der Waals surface area contributed by atoms with Crippen molar-refractivity contribution < 1.29 is 14.3 Å². The van der Waals surface area contributed by atoms with E-state index in [9.17, 15) is 4.79 Å². The van der Waals surface area contributed by atoms with Gasteiger partial charge in [-0.15, -0.1) is 5.10 Å². The maximum absolute atomic E-state index is 12.1. The molecule has 2 heterocycles. The molecule has 2 fully saturated rings. The van der Waals surface area contributed by atoms with Crippen molar-refractivity contribution in [3.8, 4) is 11.6 Å². The average Bonchev–Trinajstić information content (AvgIpc) is 2.83. The van der Waals surface area contributed by atoms with Gasteiger partial charge >= 0.3 is 6.09 Å². The van der Waals surface area contributed by atoms with Crippen molar-refractivity contribution in [3.05, 3.63) is 35.9 Å². The normalized spacial score (nSPS) is 18.5. The molecule has 28 heavy (non-hydrogen) atoms. The zero-order chi connectivity index (χ0) is 20.1. The molecule has 1 aliphatic carbocycles. The van der Waals surface area contributed by atoms with Gasteiger partial charge in [0.05, 0.1) is 11.3 Å². The molecule has 1 aromatic carbocycles. The summed E-state index contributed by atoms with van der Waals surface area (Å²) in [5.41, 5.74) is 7.70. The van der Waals surface area contributed by atoms with Crippen LogP contribution in [-0.2, 0) is 4.74 Å². The lowest BCUT2D eigenvalue weighted by Gasteiger charge is -2.57. The van der Waals surface area contributed by atoms with Gasteiger partial charge in [-0.05, 0) is 52.7 Å². The molecule has 2 aromatic rings. The van der Waals surface area contributed by atoms with Crippen LogP contribution in [0.4, 0.5) is 10.6 Å². The van der Waals surface area contributed by atoms with Gasteiger partial charge in [-0.25, -0.2) is 9.48 Å². The minimum Gasteiger partial charge on any atom is -0.473 e. The predicted octanol–water partition coefficient (Wildman–Crippen LogP) is 3.54. The Balaban J connectivity index is 1.33. The third-order valence-corrected chi connectivity index (χ3v) is 5.43. The van der Waals surface area contributed by atoms with Crippen LogP contribution < -0.4 is 10.5 Å². The van der Waals surface area contributed by atoms with Gasteiger partial charge in [-0.2, -0.15) is 0 Å². The van der Waals surface area contributed by atoms with Crippen molar-refractivity contribution in [1.82, 2.24) is 14.7 Å². The molecule has 1 saturated heterocycles. The summed E-state index contributed by atoms with van der Waals surface area (Å²) in [4.78, 5) is 13.9. The Bertz CT molecular complexity index is 871. The Labute approximate surface area is 165 Å². The van der Waals surface area contributed by atoms with Gasteiger partial charge in [0.2, 0.25) is 5.88 Å². The van der Waals surface area contributed by atoms with Crippen LogP contribution in [0, 0.1) is 12.3 Å². The SMILES string of the molecule is Cc1c(OC2CC3(C2)CN(C(=O)OC(C)(C)C)C3)nn(-c2ccccc2)c1N. The number of nitrogens with two attached hydrogens (primary N) is 1. The Morgan fingerprint density at radius 2 is 1.86 bits per heavy atom. The molecular formula is C21H28N4O3. The molecule has 150 valence electrons. The molecule has 1 spiro atoms. The van der Waals surface area contributed by atoms with Crippen molar-refractivity contribution in [2.75, 3.05) is 18.8 Å². The van der Waals surface area contributed by atoms with Crippen LogP contribution in [0.25, 0.3) is 5.69 Å². The van der Waals surface area contributed by atoms with Gasteiger partial charge in [0, 0.05) is 18.5 Å². The molecule has 2 N–H and O–H groups in total. The summed E-state index contributed by atoms with van der Waals surface area (Å²) in [7, 11) is 0. The number of carbonyl (C=O) groups excluding carboxylic acids is 1. The van der Waals surface area contributed by atoms with Crippen LogP contribution in [0.5, 0.6) is 5.88 Å². The summed E-state index contributed by atoms with van der Waals surface area (Å²) in [5, 5.41) is 4.56. The van der Waals surface area contributed by atoms with E-state index in [0.29, 0.717) is 11.7 Å². The lowest BCUT2D eigenvalue weighted by molar-refractivity contribution is -0.117. The molecule has 1 aliphatic heterocycles. The van der Waals surface area contributed by atoms with Gasteiger partial charge in [0.25, 0.3) is 0 Å². The molecular weight excluding hydrogens is 356 g/mol. The van der Waals surface area contributed by atoms with E-state index in [2.05, 4.69) is 5.10 Å². The number of hydrogen-bond acceptors (Lipinski definition) is 5. The number of likely N-dealkylation sites (tertiary alicyclic amines) is 1. The number of carbonyl (C=O) groups is 1. The highest BCUT2D eigenvalue weighted by Crippen LogP contribution is 2.50. The quantitative estimate of drug-likeness (QED) is 0.875. The molecule has 1 saturated carbocycles. The van der Waals surface area contributed by atoms with E-state index in [-0.39, 0.29) is 17.6 Å². The summed E-state index contributed by atoms with van der Waals surface area (Å²) in [6, 6.07) is 9.79. The summed E-state index contributed by atoms with van der Waals surface area (Å²) in [6.07, 6.45) is 1.72. The van der Waals surface area contributed by atoms with Gasteiger partial charge in [0.1, 0.15) is 17.5 Å². The third kappa shape index (κ3) is 3.41. The first-order valence-corrected chi connectivity index (χ1v) is 9.71. The molecule has 4 rings (SSSR count). The first-order valence-electron chi connectivity index (χ1n) is 9.71. The van der Waals surface area contributed by atoms with Crippen LogP contribution in [0.2, 0.25) is 0 Å². The second-order valence-electron chi connectivity index (χ2n) is 9.05. The Morgan fingerprint density at radius 3 is 2.46 bits per heavy atom. The molecule has 2 aliphatic rings. The lowest BCUT2D eigenvalue weighted by Crippen LogP contribution is -2.66. The lowest BCUT2D eigenvalue weighted by atomic mass is 9.62. The maximum Gasteiger partial charge on any atom is 0.410 e. The molecule has 0 unspecified atom stereocenters. The largest absolute Gasteiger partial charge is 0.473 e. The van der Waals surface area contributed by atoms with E-state index in [1.165, 1.54) is 0 Å². The number of ether oxygens (including phenoxy) is 2. The van der Waals surface area contributed by atoms with Crippen molar-refractivity contribution in [2.45, 2.75) is 52.2 Å². The number of benzene rings is 1. The first kappa shape index (κ1) is 18.7. The Morgan fingerprint density at radius 1 is 1.21 bits per heavy atom. The average molecular weight is 384 g/mol. The van der Waals surface area contributed by atoms with E-state index in [4.69, 9.17) is 15.2 Å². The number of rotatable bonds is 3. The number of amides is 1. The highest BCUT2D eigenvalue weighted by molar-refractivity contribution is 5.69. The molecule has 7 nitrogen and oxygen atoms in total. The Hall–Kier alpha value is -2.70. The summed E-state index contributed by atoms with van der Waals surface area (Å²) in [5.74, 6) is 1.18. The first-order chi connectivity index (χ1) is 13.2. The number of hydrogen-bond donors (Lipinski definition) is 1. The van der Waals surface area contributed by atoms with Crippen molar-refractivity contribution in [2.24, 2.45) is 5.41 Å². The van der Waals surface area contributed by atoms with E-state index >= 15 is 0 Å². The van der Waals surface area contributed by atoms with Crippen molar-refractivity contribution >= 4 is 11.9 Å². The smallest absolute Gasteiger partial charge is 0.410 e. The third-order valence-electron chi connectivity index (χ3n) is 5.43. The van der Waals surface area contributed by atoms with Gasteiger partial charge in [0.15, 0.2) is 0 Å². The van der Waals surface area contributed by atoms with E-state index in [1.54, 1.807) is 9.58 Å². The summed E-state index contributed by atoms with van der Waals surface area (Å²) < 4.78 is 13.3. The highest BCUT2D eigenvalue weighted by atomic mass is 16.6. The summed E-state index contributed by atoms with van der Waals surface area (Å²) in [6.45, 7) is 9.06. The second-order valence-corrected chi connectivity index (χ2v) is 9.05. The van der Waals surface area contributed by atoms with E-state index in [1.807, 2.05) is 58.0 Å². The fraction of sp³-hybridized carbons (Fsp3) is 0.524. The van der Waals surface area contributed by atoms with E-state index in [0.717, 1.165) is 37.2 Å². The summed E-state index contributed by atoms with van der Waals surface area (Å²) >= 11 is 0. The number of anilines is 1. The van der Waals surface area contributed by atoms with Crippen LogP contribution in [0.15, 0.2) is 30.3 Å². The van der Waals surface area contributed by atoms with Gasteiger partial charge in [-0.3, -0.25) is 0 Å². The fourth-order valence-electron chi connectivity index (χ4n) is 3.99. The molecule has 7 heteroatoms. The molecule has 1 amide bonds. The molecule has 0 bridgehead atoms. The molecule has 0 atom stereocenters. The predicted molar refractivity (Wildman–Crippen MR) is 107 cm³/mol. The van der Waals surface area contributed by atoms with Gasteiger partial charge in [-0.1, -0.05) is 18.2 Å². The Kier molecular flexibility index (Phi) is 4.28. The maximum atomic E-state index is 12.1.